The summed E-state index contributed by atoms with van der Waals surface area (Å²) in [6, 6.07) is 0.454. The first-order valence-electron chi connectivity index (χ1n) is 4.23. The average Bonchev–Trinajstić information content (AvgIpc) is 2.01. The molecular weight excluding hydrogens is 138 g/mol. The molecule has 1 unspecified atom stereocenters. The lowest BCUT2D eigenvalue weighted by Crippen LogP contribution is -2.31. The molecule has 0 spiro atoms. The van der Waals surface area contributed by atoms with Crippen LogP contribution in [0.25, 0.3) is 0 Å². The molecule has 11 heavy (non-hydrogen) atoms. The number of nitrogens with one attached hydrogen (secondary N) is 1. The molecule has 0 saturated carbocycles. The van der Waals surface area contributed by atoms with E-state index < -0.39 is 0 Å². The van der Waals surface area contributed by atoms with Crippen LogP contribution in [0, 0.1) is 0 Å². The Morgan fingerprint density at radius 3 is 2.91 bits per heavy atom. The molecule has 0 aromatic carbocycles. The Labute approximate surface area is 69.6 Å². The summed E-state index contributed by atoms with van der Waals surface area (Å²) in [6.07, 6.45) is 2.94. The van der Waals surface area contributed by atoms with Gasteiger partial charge in [0.15, 0.2) is 0 Å². The molecule has 0 radical (unpaired) electrons. The lowest BCUT2D eigenvalue weighted by Gasteiger charge is -2.12. The van der Waals surface area contributed by atoms with Crippen molar-refractivity contribution in [2.24, 2.45) is 0 Å². The second kappa shape index (κ2) is 7.76. The Bertz CT molecular complexity index is 93.6. The van der Waals surface area contributed by atoms with Crippen molar-refractivity contribution in [2.75, 3.05) is 19.8 Å². The van der Waals surface area contributed by atoms with E-state index in [1.165, 1.54) is 0 Å². The number of hydrogen-bond acceptors (Lipinski definition) is 2. The van der Waals surface area contributed by atoms with Gasteiger partial charge >= 0.3 is 0 Å². The molecule has 0 bridgehead atoms. The first-order valence-corrected chi connectivity index (χ1v) is 4.23. The third-order valence-electron chi connectivity index (χ3n) is 1.41. The molecule has 0 amide bonds. The minimum absolute atomic E-state index is 0.454. The fourth-order valence-corrected chi connectivity index (χ4v) is 0.785. The first-order chi connectivity index (χ1) is 5.31. The summed E-state index contributed by atoms with van der Waals surface area (Å²) in [7, 11) is 0. The normalized spacial score (nSPS) is 12.9. The molecule has 0 aliphatic rings. The predicted molar refractivity (Wildman–Crippen MR) is 48.8 cm³/mol. The molecule has 1 N–H and O–H groups in total. The zero-order chi connectivity index (χ0) is 8.53. The summed E-state index contributed by atoms with van der Waals surface area (Å²) in [6.45, 7) is 10.4. The van der Waals surface area contributed by atoms with E-state index in [-0.39, 0.29) is 0 Å². The molecule has 0 aromatic heterocycles. The highest BCUT2D eigenvalue weighted by molar-refractivity contribution is 4.69. The van der Waals surface area contributed by atoms with E-state index in [1.54, 1.807) is 0 Å². The molecule has 66 valence electrons. The average molecular weight is 157 g/mol. The van der Waals surface area contributed by atoms with Gasteiger partial charge in [0.2, 0.25) is 0 Å². The summed E-state index contributed by atoms with van der Waals surface area (Å²) in [5.41, 5.74) is 0. The zero-order valence-corrected chi connectivity index (χ0v) is 7.60. The molecule has 0 fully saturated rings. The van der Waals surface area contributed by atoms with E-state index in [9.17, 15) is 0 Å². The van der Waals surface area contributed by atoms with Crippen molar-refractivity contribution in [1.29, 1.82) is 0 Å². The van der Waals surface area contributed by atoms with Crippen molar-refractivity contribution >= 4 is 0 Å². The topological polar surface area (TPSA) is 21.3 Å². The second-order valence-electron chi connectivity index (χ2n) is 2.59. The minimum Gasteiger partial charge on any atom is -0.380 e. The Morgan fingerprint density at radius 1 is 1.64 bits per heavy atom. The molecule has 0 heterocycles. The van der Waals surface area contributed by atoms with Crippen molar-refractivity contribution in [2.45, 2.75) is 26.3 Å². The van der Waals surface area contributed by atoms with Crippen LogP contribution in [-0.2, 0) is 4.74 Å². The monoisotopic (exact) mass is 157 g/mol. The van der Waals surface area contributed by atoms with E-state index in [2.05, 4.69) is 18.8 Å². The van der Waals surface area contributed by atoms with Crippen LogP contribution in [0.15, 0.2) is 12.7 Å². The van der Waals surface area contributed by atoms with Crippen LogP contribution >= 0.6 is 0 Å². The Balaban J connectivity index is 3.08. The molecule has 2 heteroatoms. The van der Waals surface area contributed by atoms with Crippen molar-refractivity contribution in [3.05, 3.63) is 12.7 Å². The van der Waals surface area contributed by atoms with Crippen molar-refractivity contribution in [3.8, 4) is 0 Å². The van der Waals surface area contributed by atoms with Crippen molar-refractivity contribution in [3.63, 3.8) is 0 Å². The number of rotatable bonds is 7. The maximum atomic E-state index is 5.24. The van der Waals surface area contributed by atoms with Crippen molar-refractivity contribution in [1.82, 2.24) is 5.32 Å². The number of ether oxygens (including phenoxy) is 1. The molecule has 1 atom stereocenters. The summed E-state index contributed by atoms with van der Waals surface area (Å²) in [4.78, 5) is 0. The van der Waals surface area contributed by atoms with Gasteiger partial charge in [0.25, 0.3) is 0 Å². The second-order valence-corrected chi connectivity index (χ2v) is 2.59. The van der Waals surface area contributed by atoms with Gasteiger partial charge in [-0.1, -0.05) is 6.08 Å². The summed E-state index contributed by atoms with van der Waals surface area (Å²) >= 11 is 0. The van der Waals surface area contributed by atoms with Gasteiger partial charge in [0.1, 0.15) is 0 Å². The van der Waals surface area contributed by atoms with E-state index in [0.29, 0.717) is 6.04 Å². The lowest BCUT2D eigenvalue weighted by atomic mass is 10.3. The van der Waals surface area contributed by atoms with Gasteiger partial charge < -0.3 is 10.1 Å². The molecule has 0 aliphatic heterocycles. The van der Waals surface area contributed by atoms with Gasteiger partial charge in [0.05, 0.1) is 6.61 Å². The van der Waals surface area contributed by atoms with Gasteiger partial charge in [-0.05, 0) is 26.8 Å². The van der Waals surface area contributed by atoms with E-state index >= 15 is 0 Å². The molecule has 0 rings (SSSR count). The fourth-order valence-electron chi connectivity index (χ4n) is 0.785. The molecule has 0 saturated heterocycles. The zero-order valence-electron chi connectivity index (χ0n) is 7.60. The summed E-state index contributed by atoms with van der Waals surface area (Å²) in [5, 5.41) is 3.32. The Hall–Kier alpha value is -0.340. The highest BCUT2D eigenvalue weighted by Gasteiger charge is 1.97. The van der Waals surface area contributed by atoms with Crippen LogP contribution in [0.4, 0.5) is 0 Å². The number of hydrogen-bond donors (Lipinski definition) is 1. The molecule has 2 nitrogen and oxygen atoms in total. The van der Waals surface area contributed by atoms with Crippen LogP contribution in [0.1, 0.15) is 20.3 Å². The van der Waals surface area contributed by atoms with Gasteiger partial charge in [-0.3, -0.25) is 0 Å². The SMILES string of the molecule is C=CCCNC(C)COCC. The van der Waals surface area contributed by atoms with Crippen LogP contribution in [0.3, 0.4) is 0 Å². The largest absolute Gasteiger partial charge is 0.380 e. The fraction of sp³-hybridized carbons (Fsp3) is 0.778. The van der Waals surface area contributed by atoms with E-state index in [4.69, 9.17) is 4.74 Å². The van der Waals surface area contributed by atoms with Gasteiger partial charge in [-0.15, -0.1) is 6.58 Å². The van der Waals surface area contributed by atoms with Crippen LogP contribution in [-0.4, -0.2) is 25.8 Å². The quantitative estimate of drug-likeness (QED) is 0.447. The van der Waals surface area contributed by atoms with E-state index in [1.807, 2.05) is 13.0 Å². The molecular formula is C9H19NO. The van der Waals surface area contributed by atoms with E-state index in [0.717, 1.165) is 26.2 Å². The van der Waals surface area contributed by atoms with Gasteiger partial charge in [-0.25, -0.2) is 0 Å². The Kier molecular flexibility index (Phi) is 7.52. The van der Waals surface area contributed by atoms with Gasteiger partial charge in [-0.2, -0.15) is 0 Å². The highest BCUT2D eigenvalue weighted by atomic mass is 16.5. The van der Waals surface area contributed by atoms with Crippen LogP contribution < -0.4 is 5.32 Å². The predicted octanol–water partition coefficient (Wildman–Crippen LogP) is 1.58. The highest BCUT2D eigenvalue weighted by Crippen LogP contribution is 1.85. The third-order valence-corrected chi connectivity index (χ3v) is 1.41. The van der Waals surface area contributed by atoms with Gasteiger partial charge in [0, 0.05) is 12.6 Å². The minimum atomic E-state index is 0.454. The Morgan fingerprint density at radius 2 is 2.36 bits per heavy atom. The van der Waals surface area contributed by atoms with Crippen molar-refractivity contribution < 1.29 is 4.74 Å². The lowest BCUT2D eigenvalue weighted by molar-refractivity contribution is 0.127. The maximum absolute atomic E-state index is 5.24. The standard InChI is InChI=1S/C9H19NO/c1-4-6-7-10-9(3)8-11-5-2/h4,9-10H,1,5-8H2,2-3H3. The van der Waals surface area contributed by atoms with Crippen LogP contribution in [0.2, 0.25) is 0 Å². The third kappa shape index (κ3) is 7.56. The maximum Gasteiger partial charge on any atom is 0.0616 e. The summed E-state index contributed by atoms with van der Waals surface area (Å²) in [5.74, 6) is 0. The summed E-state index contributed by atoms with van der Waals surface area (Å²) < 4.78 is 5.24. The van der Waals surface area contributed by atoms with Crippen LogP contribution in [0.5, 0.6) is 0 Å². The molecule has 0 aromatic rings. The first kappa shape index (κ1) is 10.7. The smallest absolute Gasteiger partial charge is 0.0616 e. The molecule has 0 aliphatic carbocycles.